The van der Waals surface area contributed by atoms with Crippen LogP contribution in [0.4, 0.5) is 0 Å². The Hall–Kier alpha value is -0.870. The van der Waals surface area contributed by atoms with Gasteiger partial charge in [-0.2, -0.15) is 5.10 Å². The molecule has 0 radical (unpaired) electrons. The fraction of sp³-hybridized carbons (Fsp3) is 0.824. The van der Waals surface area contributed by atoms with E-state index in [-0.39, 0.29) is 0 Å². The number of rotatable bonds is 5. The molecule has 1 heterocycles. The molecule has 0 aromatic carbocycles. The fourth-order valence-corrected chi connectivity index (χ4v) is 3.77. The molecule has 21 heavy (non-hydrogen) atoms. The van der Waals surface area contributed by atoms with Gasteiger partial charge in [0, 0.05) is 19.3 Å². The Kier molecular flexibility index (Phi) is 5.44. The van der Waals surface area contributed by atoms with Crippen molar-refractivity contribution in [2.24, 2.45) is 30.1 Å². The van der Waals surface area contributed by atoms with Gasteiger partial charge in [0.15, 0.2) is 0 Å². The van der Waals surface area contributed by atoms with Crippen molar-refractivity contribution in [2.45, 2.75) is 65.3 Å². The molecule has 0 spiro atoms. The Balaban J connectivity index is 1.82. The smallest absolute Gasteiger partial charge is 0.0521 e. The van der Waals surface area contributed by atoms with Crippen LogP contribution in [0, 0.1) is 17.3 Å². The van der Waals surface area contributed by atoms with E-state index in [2.05, 4.69) is 37.5 Å². The van der Waals surface area contributed by atoms with Crippen molar-refractivity contribution in [2.75, 3.05) is 0 Å². The van der Waals surface area contributed by atoms with Crippen molar-refractivity contribution in [3.63, 3.8) is 0 Å². The number of hydrogen-bond donors (Lipinski definition) is 2. The van der Waals surface area contributed by atoms with Crippen molar-refractivity contribution < 1.29 is 0 Å². The normalized spacial score (nSPS) is 25.0. The Morgan fingerprint density at radius 1 is 1.33 bits per heavy atom. The van der Waals surface area contributed by atoms with Gasteiger partial charge < -0.3 is 0 Å². The first-order valence-corrected chi connectivity index (χ1v) is 8.34. The zero-order valence-electron chi connectivity index (χ0n) is 14.1. The molecule has 1 aromatic heterocycles. The molecule has 2 rings (SSSR count). The van der Waals surface area contributed by atoms with E-state index < -0.39 is 0 Å². The number of nitrogens with zero attached hydrogens (tertiary/aromatic N) is 2. The van der Waals surface area contributed by atoms with Crippen LogP contribution < -0.4 is 11.3 Å². The van der Waals surface area contributed by atoms with Crippen molar-refractivity contribution in [3.05, 3.63) is 18.0 Å². The average molecular weight is 292 g/mol. The van der Waals surface area contributed by atoms with Crippen LogP contribution in [0.25, 0.3) is 0 Å². The summed E-state index contributed by atoms with van der Waals surface area (Å²) in [5, 5.41) is 4.23. The van der Waals surface area contributed by atoms with Gasteiger partial charge in [-0.1, -0.05) is 20.8 Å². The summed E-state index contributed by atoms with van der Waals surface area (Å²) in [6, 6.07) is 0.436. The Morgan fingerprint density at radius 2 is 2.00 bits per heavy atom. The van der Waals surface area contributed by atoms with Crippen LogP contribution >= 0.6 is 0 Å². The lowest BCUT2D eigenvalue weighted by Gasteiger charge is -2.39. The number of nitrogens with one attached hydrogen (secondary N) is 1. The zero-order valence-corrected chi connectivity index (χ0v) is 14.1. The molecular formula is C17H32N4. The van der Waals surface area contributed by atoms with Crippen LogP contribution in [0.15, 0.2) is 12.4 Å². The Labute approximate surface area is 129 Å². The summed E-state index contributed by atoms with van der Waals surface area (Å²) in [5.41, 5.74) is 4.83. The van der Waals surface area contributed by atoms with Gasteiger partial charge in [-0.25, -0.2) is 0 Å². The highest BCUT2D eigenvalue weighted by Crippen LogP contribution is 2.41. The first-order chi connectivity index (χ1) is 9.90. The number of hydrogen-bond acceptors (Lipinski definition) is 3. The monoisotopic (exact) mass is 292 g/mol. The van der Waals surface area contributed by atoms with E-state index >= 15 is 0 Å². The minimum atomic E-state index is 0.436. The maximum absolute atomic E-state index is 5.82. The van der Waals surface area contributed by atoms with Crippen LogP contribution in [0.5, 0.6) is 0 Å². The van der Waals surface area contributed by atoms with E-state index in [0.29, 0.717) is 11.5 Å². The van der Waals surface area contributed by atoms with Gasteiger partial charge in [-0.15, -0.1) is 0 Å². The van der Waals surface area contributed by atoms with E-state index in [1.807, 2.05) is 17.9 Å². The van der Waals surface area contributed by atoms with E-state index in [1.165, 1.54) is 31.2 Å². The molecule has 1 aliphatic rings. The van der Waals surface area contributed by atoms with Gasteiger partial charge in [0.05, 0.1) is 6.20 Å². The molecule has 1 aliphatic carbocycles. The third kappa shape index (κ3) is 4.55. The zero-order chi connectivity index (χ0) is 15.5. The van der Waals surface area contributed by atoms with E-state index in [4.69, 9.17) is 5.84 Å². The maximum atomic E-state index is 5.82. The van der Waals surface area contributed by atoms with Crippen molar-refractivity contribution in [1.29, 1.82) is 0 Å². The summed E-state index contributed by atoms with van der Waals surface area (Å²) < 4.78 is 1.87. The highest BCUT2D eigenvalue weighted by atomic mass is 15.2. The molecule has 1 fully saturated rings. The number of aryl methyl sites for hydroxylation is 2. The van der Waals surface area contributed by atoms with Crippen LogP contribution in [-0.2, 0) is 13.5 Å². The molecule has 0 bridgehead atoms. The summed E-state index contributed by atoms with van der Waals surface area (Å²) in [7, 11) is 1.97. The highest BCUT2D eigenvalue weighted by Gasteiger charge is 2.32. The van der Waals surface area contributed by atoms with Crippen LogP contribution in [0.1, 0.15) is 58.4 Å². The van der Waals surface area contributed by atoms with E-state index in [1.54, 1.807) is 0 Å². The lowest BCUT2D eigenvalue weighted by atomic mass is 9.68. The standard InChI is InChI=1S/C17H32N4/c1-17(2,3)15-8-6-14(7-9-15)16(20-18)10-5-13-11-19-21(4)12-13/h11-12,14-16,20H,5-10,18H2,1-4H3. The second kappa shape index (κ2) is 6.93. The van der Waals surface area contributed by atoms with Gasteiger partial charge in [-0.05, 0) is 61.3 Å². The van der Waals surface area contributed by atoms with Gasteiger partial charge in [0.2, 0.25) is 0 Å². The van der Waals surface area contributed by atoms with Crippen molar-refractivity contribution >= 4 is 0 Å². The van der Waals surface area contributed by atoms with Crippen molar-refractivity contribution in [1.82, 2.24) is 15.2 Å². The molecule has 0 amide bonds. The average Bonchev–Trinajstić information content (AvgIpc) is 2.85. The third-order valence-corrected chi connectivity index (χ3v) is 5.28. The lowest BCUT2D eigenvalue weighted by molar-refractivity contribution is 0.130. The molecule has 4 heteroatoms. The maximum Gasteiger partial charge on any atom is 0.0521 e. The molecule has 4 nitrogen and oxygen atoms in total. The second-order valence-electron chi connectivity index (χ2n) is 7.81. The van der Waals surface area contributed by atoms with Gasteiger partial charge in [0.1, 0.15) is 0 Å². The fourth-order valence-electron chi connectivity index (χ4n) is 3.77. The minimum Gasteiger partial charge on any atom is -0.276 e. The molecular weight excluding hydrogens is 260 g/mol. The predicted molar refractivity (Wildman–Crippen MR) is 87.5 cm³/mol. The second-order valence-corrected chi connectivity index (χ2v) is 7.81. The number of nitrogens with two attached hydrogens (primary N) is 1. The van der Waals surface area contributed by atoms with Gasteiger partial charge >= 0.3 is 0 Å². The highest BCUT2D eigenvalue weighted by molar-refractivity contribution is 5.04. The van der Waals surface area contributed by atoms with Crippen LogP contribution in [0.3, 0.4) is 0 Å². The molecule has 0 saturated heterocycles. The van der Waals surface area contributed by atoms with Crippen LogP contribution in [-0.4, -0.2) is 15.8 Å². The van der Waals surface area contributed by atoms with Gasteiger partial charge in [0.25, 0.3) is 0 Å². The Morgan fingerprint density at radius 3 is 2.48 bits per heavy atom. The molecule has 1 atom stereocenters. The van der Waals surface area contributed by atoms with Gasteiger partial charge in [-0.3, -0.25) is 16.0 Å². The topological polar surface area (TPSA) is 55.9 Å². The predicted octanol–water partition coefficient (Wildman–Crippen LogP) is 3.04. The summed E-state index contributed by atoms with van der Waals surface area (Å²) >= 11 is 0. The molecule has 3 N–H and O–H groups in total. The Bertz CT molecular complexity index is 424. The minimum absolute atomic E-state index is 0.436. The van der Waals surface area contributed by atoms with E-state index in [0.717, 1.165) is 24.7 Å². The third-order valence-electron chi connectivity index (χ3n) is 5.28. The number of hydrazine groups is 1. The summed E-state index contributed by atoms with van der Waals surface area (Å²) in [4.78, 5) is 0. The first-order valence-electron chi connectivity index (χ1n) is 8.34. The number of aromatic nitrogens is 2. The van der Waals surface area contributed by atoms with Crippen molar-refractivity contribution in [3.8, 4) is 0 Å². The lowest BCUT2D eigenvalue weighted by Crippen LogP contribution is -2.43. The molecule has 1 unspecified atom stereocenters. The molecule has 1 aromatic rings. The molecule has 1 saturated carbocycles. The van der Waals surface area contributed by atoms with Crippen LogP contribution in [0.2, 0.25) is 0 Å². The summed E-state index contributed by atoms with van der Waals surface area (Å²) in [6.07, 6.45) is 11.5. The SMILES string of the molecule is Cn1cc(CCC(NN)C2CCC(C(C)(C)C)CC2)cn1. The molecule has 120 valence electrons. The molecule has 0 aliphatic heterocycles. The largest absolute Gasteiger partial charge is 0.276 e. The van der Waals surface area contributed by atoms with E-state index in [9.17, 15) is 0 Å². The first kappa shape index (κ1) is 16.5. The summed E-state index contributed by atoms with van der Waals surface area (Å²) in [5.74, 6) is 7.42. The summed E-state index contributed by atoms with van der Waals surface area (Å²) in [6.45, 7) is 7.12. The quantitative estimate of drug-likeness (QED) is 0.648.